The summed E-state index contributed by atoms with van der Waals surface area (Å²) in [6.45, 7) is 4.67. The molecule has 1 N–H and O–H groups in total. The van der Waals surface area contributed by atoms with E-state index in [-0.39, 0.29) is 17.9 Å². The van der Waals surface area contributed by atoms with Gasteiger partial charge in [0.15, 0.2) is 0 Å². The molecule has 0 saturated carbocycles. The Morgan fingerprint density at radius 3 is 2.72 bits per heavy atom. The highest BCUT2D eigenvalue weighted by molar-refractivity contribution is 7.18. The summed E-state index contributed by atoms with van der Waals surface area (Å²) in [5.74, 6) is -0.105. The number of benzene rings is 1. The number of aryl methyl sites for hydroxylation is 3. The fraction of sp³-hybridized carbons (Fsp3) is 0.238. The summed E-state index contributed by atoms with van der Waals surface area (Å²) in [6.07, 6.45) is 5.36. The van der Waals surface area contributed by atoms with Gasteiger partial charge in [-0.15, -0.1) is 11.3 Å². The van der Waals surface area contributed by atoms with Crippen LogP contribution in [0.2, 0.25) is 0 Å². The minimum atomic E-state index is -0.105. The molecule has 0 unspecified atom stereocenters. The van der Waals surface area contributed by atoms with E-state index in [1.165, 1.54) is 22.2 Å². The average Bonchev–Trinajstić information content (AvgIpc) is 3.35. The third kappa shape index (κ3) is 3.97. The molecule has 3 aromatic heterocycles. The Labute approximate surface area is 171 Å². The molecule has 8 heteroatoms. The molecule has 0 aliphatic heterocycles. The van der Waals surface area contributed by atoms with Crippen LogP contribution in [0.25, 0.3) is 15.9 Å². The topological polar surface area (TPSA) is 81.8 Å². The van der Waals surface area contributed by atoms with Crippen molar-refractivity contribution in [3.05, 3.63) is 75.4 Å². The molecule has 1 aromatic carbocycles. The molecule has 0 radical (unpaired) electrons. The van der Waals surface area contributed by atoms with Crippen molar-refractivity contribution < 1.29 is 4.79 Å². The number of nitrogens with zero attached hydrogens (tertiary/aromatic N) is 4. The highest BCUT2D eigenvalue weighted by Gasteiger charge is 2.12. The molecule has 0 bridgehead atoms. The molecule has 0 aliphatic carbocycles. The molecule has 148 valence electrons. The number of thiophene rings is 1. The van der Waals surface area contributed by atoms with Crippen LogP contribution in [-0.2, 0) is 17.9 Å². The van der Waals surface area contributed by atoms with Gasteiger partial charge in [0.25, 0.3) is 5.56 Å². The standard InChI is InChI=1S/C21H21N5O2S/c1-14-15(2)29-20-19(14)21(28)25(13-23-20)11-8-18(27)22-12-16-4-6-17(7-5-16)26-10-3-9-24-26/h3-7,9-10,13H,8,11-12H2,1-2H3,(H,22,27). The molecule has 3 heterocycles. The van der Waals surface area contributed by atoms with Crippen LogP contribution in [0, 0.1) is 13.8 Å². The summed E-state index contributed by atoms with van der Waals surface area (Å²) in [5, 5.41) is 7.75. The molecule has 0 aliphatic rings. The average molecular weight is 407 g/mol. The van der Waals surface area contributed by atoms with Crippen LogP contribution in [0.5, 0.6) is 0 Å². The van der Waals surface area contributed by atoms with Crippen molar-refractivity contribution in [2.24, 2.45) is 0 Å². The van der Waals surface area contributed by atoms with Gasteiger partial charge in [-0.2, -0.15) is 5.10 Å². The van der Waals surface area contributed by atoms with Crippen LogP contribution in [0.3, 0.4) is 0 Å². The summed E-state index contributed by atoms with van der Waals surface area (Å²) in [5.41, 5.74) is 2.85. The minimum Gasteiger partial charge on any atom is -0.352 e. The van der Waals surface area contributed by atoms with Crippen molar-refractivity contribution in [3.63, 3.8) is 0 Å². The minimum absolute atomic E-state index is 0.0844. The summed E-state index contributed by atoms with van der Waals surface area (Å²) < 4.78 is 3.29. The Morgan fingerprint density at radius 1 is 1.21 bits per heavy atom. The van der Waals surface area contributed by atoms with E-state index in [1.54, 1.807) is 10.9 Å². The summed E-state index contributed by atoms with van der Waals surface area (Å²) in [6, 6.07) is 9.70. The van der Waals surface area contributed by atoms with Gasteiger partial charge in [0.2, 0.25) is 5.91 Å². The zero-order valence-electron chi connectivity index (χ0n) is 16.3. The molecular formula is C21H21N5O2S. The molecule has 0 spiro atoms. The van der Waals surface area contributed by atoms with E-state index in [0.29, 0.717) is 18.5 Å². The number of carbonyl (C=O) groups excluding carboxylic acids is 1. The van der Waals surface area contributed by atoms with E-state index in [2.05, 4.69) is 15.4 Å². The van der Waals surface area contributed by atoms with Crippen LogP contribution < -0.4 is 10.9 Å². The highest BCUT2D eigenvalue weighted by Crippen LogP contribution is 2.25. The second kappa shape index (κ2) is 8.00. The molecule has 0 fully saturated rings. The van der Waals surface area contributed by atoms with Gasteiger partial charge in [-0.1, -0.05) is 12.1 Å². The van der Waals surface area contributed by atoms with E-state index >= 15 is 0 Å². The van der Waals surface area contributed by atoms with E-state index in [9.17, 15) is 9.59 Å². The third-order valence-corrected chi connectivity index (χ3v) is 6.05. The lowest BCUT2D eigenvalue weighted by Gasteiger charge is -2.08. The number of nitrogens with one attached hydrogen (secondary N) is 1. The zero-order valence-corrected chi connectivity index (χ0v) is 17.1. The van der Waals surface area contributed by atoms with E-state index in [1.807, 2.05) is 50.4 Å². The summed E-state index contributed by atoms with van der Waals surface area (Å²) in [4.78, 5) is 31.1. The normalized spacial score (nSPS) is 11.1. The van der Waals surface area contributed by atoms with Gasteiger partial charge in [0.05, 0.1) is 17.4 Å². The summed E-state index contributed by atoms with van der Waals surface area (Å²) >= 11 is 1.52. The van der Waals surface area contributed by atoms with Crippen LogP contribution in [0.1, 0.15) is 22.4 Å². The van der Waals surface area contributed by atoms with Crippen molar-refractivity contribution in [1.29, 1.82) is 0 Å². The van der Waals surface area contributed by atoms with E-state index in [4.69, 9.17) is 0 Å². The lowest BCUT2D eigenvalue weighted by molar-refractivity contribution is -0.121. The second-order valence-corrected chi connectivity index (χ2v) is 8.05. The van der Waals surface area contributed by atoms with Gasteiger partial charge in [-0.05, 0) is 43.2 Å². The maximum Gasteiger partial charge on any atom is 0.262 e. The molecule has 1 amide bonds. The number of hydrogen-bond donors (Lipinski definition) is 1. The quantitative estimate of drug-likeness (QED) is 0.533. The van der Waals surface area contributed by atoms with Crippen molar-refractivity contribution in [1.82, 2.24) is 24.6 Å². The molecule has 0 saturated heterocycles. The van der Waals surface area contributed by atoms with Crippen LogP contribution in [-0.4, -0.2) is 25.2 Å². The van der Waals surface area contributed by atoms with Crippen LogP contribution in [0.15, 0.2) is 53.8 Å². The molecule has 7 nitrogen and oxygen atoms in total. The predicted molar refractivity (Wildman–Crippen MR) is 113 cm³/mol. The van der Waals surface area contributed by atoms with Gasteiger partial charge in [-0.3, -0.25) is 14.2 Å². The van der Waals surface area contributed by atoms with Crippen LogP contribution >= 0.6 is 11.3 Å². The second-order valence-electron chi connectivity index (χ2n) is 6.85. The van der Waals surface area contributed by atoms with Gasteiger partial charge in [0.1, 0.15) is 4.83 Å². The van der Waals surface area contributed by atoms with E-state index in [0.717, 1.165) is 26.5 Å². The molecule has 0 atom stereocenters. The Bertz CT molecular complexity index is 1210. The first-order valence-corrected chi connectivity index (χ1v) is 10.2. The van der Waals surface area contributed by atoms with Gasteiger partial charge in [0, 0.05) is 36.8 Å². The number of aromatic nitrogens is 4. The number of fused-ring (bicyclic) bond motifs is 1. The number of carbonyl (C=O) groups is 1. The van der Waals surface area contributed by atoms with Gasteiger partial charge < -0.3 is 5.32 Å². The third-order valence-electron chi connectivity index (χ3n) is 4.93. The van der Waals surface area contributed by atoms with Crippen molar-refractivity contribution >= 4 is 27.5 Å². The maximum atomic E-state index is 12.7. The first kappa shape index (κ1) is 19.1. The van der Waals surface area contributed by atoms with Gasteiger partial charge >= 0.3 is 0 Å². The zero-order chi connectivity index (χ0) is 20.4. The number of amides is 1. The molecule has 4 aromatic rings. The number of rotatable bonds is 6. The fourth-order valence-corrected chi connectivity index (χ4v) is 4.12. The van der Waals surface area contributed by atoms with E-state index < -0.39 is 0 Å². The van der Waals surface area contributed by atoms with Crippen molar-refractivity contribution in [2.45, 2.75) is 33.4 Å². The maximum absolute atomic E-state index is 12.7. The Balaban J connectivity index is 1.35. The van der Waals surface area contributed by atoms with Crippen LogP contribution in [0.4, 0.5) is 0 Å². The monoisotopic (exact) mass is 407 g/mol. The highest BCUT2D eigenvalue weighted by atomic mass is 32.1. The largest absolute Gasteiger partial charge is 0.352 e. The lowest BCUT2D eigenvalue weighted by atomic mass is 10.2. The fourth-order valence-electron chi connectivity index (χ4n) is 3.13. The Hall–Kier alpha value is -3.26. The van der Waals surface area contributed by atoms with Crippen molar-refractivity contribution in [3.8, 4) is 5.69 Å². The first-order valence-electron chi connectivity index (χ1n) is 9.34. The summed E-state index contributed by atoms with van der Waals surface area (Å²) in [7, 11) is 0. The first-order chi connectivity index (χ1) is 14.0. The number of hydrogen-bond acceptors (Lipinski definition) is 5. The van der Waals surface area contributed by atoms with Gasteiger partial charge in [-0.25, -0.2) is 9.67 Å². The predicted octanol–water partition coefficient (Wildman–Crippen LogP) is 2.97. The molecule has 4 rings (SSSR count). The SMILES string of the molecule is Cc1sc2ncn(CCC(=O)NCc3ccc(-n4cccn4)cc3)c(=O)c2c1C. The molecule has 29 heavy (non-hydrogen) atoms. The smallest absolute Gasteiger partial charge is 0.262 e. The Morgan fingerprint density at radius 2 is 2.00 bits per heavy atom. The Kier molecular flexibility index (Phi) is 5.26. The molecular weight excluding hydrogens is 386 g/mol. The lowest BCUT2D eigenvalue weighted by Crippen LogP contribution is -2.27. The van der Waals surface area contributed by atoms with Crippen molar-refractivity contribution in [2.75, 3.05) is 0 Å².